The highest BCUT2D eigenvalue weighted by atomic mass is 32.3. The van der Waals surface area contributed by atoms with Gasteiger partial charge in [-0.15, -0.1) is 10.0 Å². The molecular weight excluding hydrogens is 853 g/mol. The SMILES string of the molecule is C1=CC(S(c2ccccc2)(c2ccccc2)c2cccc(-n3c4ccccc4c4cc(-c5ccc6c(c5)c5ccccc5n6-c5cc(-c6ccccc6)cc(-c6ccccc6)c5)ccc43)c2)=CCC1. The van der Waals surface area contributed by atoms with Crippen molar-refractivity contribution in [3.8, 4) is 44.8 Å². The maximum absolute atomic E-state index is 2.49. The van der Waals surface area contributed by atoms with Crippen LogP contribution in [-0.4, -0.2) is 9.13 Å². The number of rotatable bonds is 9. The zero-order valence-electron chi connectivity index (χ0n) is 38.1. The number of fused-ring (bicyclic) bond motifs is 6. The molecule has 0 bridgehead atoms. The summed E-state index contributed by atoms with van der Waals surface area (Å²) in [5.41, 5.74) is 14.3. The average molecular weight is 901 g/mol. The molecule has 2 nitrogen and oxygen atoms in total. The molecule has 328 valence electrons. The quantitative estimate of drug-likeness (QED) is 0.137. The third-order valence-corrected chi connectivity index (χ3v) is 17.9. The van der Waals surface area contributed by atoms with Gasteiger partial charge in [0, 0.05) is 47.6 Å². The van der Waals surface area contributed by atoms with Crippen LogP contribution in [-0.2, 0) is 0 Å². The molecule has 1 aliphatic rings. The zero-order chi connectivity index (χ0) is 45.7. The summed E-state index contributed by atoms with van der Waals surface area (Å²) in [6, 6.07) is 92.1. The molecule has 2 heterocycles. The van der Waals surface area contributed by atoms with Crippen molar-refractivity contribution in [2.45, 2.75) is 27.5 Å². The van der Waals surface area contributed by atoms with Gasteiger partial charge in [0.05, 0.1) is 22.1 Å². The van der Waals surface area contributed by atoms with Gasteiger partial charge in [-0.3, -0.25) is 0 Å². The van der Waals surface area contributed by atoms with E-state index in [1.54, 1.807) is 0 Å². The van der Waals surface area contributed by atoms with E-state index >= 15 is 0 Å². The highest BCUT2D eigenvalue weighted by Gasteiger charge is 2.35. The van der Waals surface area contributed by atoms with Crippen molar-refractivity contribution in [2.75, 3.05) is 0 Å². The van der Waals surface area contributed by atoms with Crippen molar-refractivity contribution in [3.63, 3.8) is 0 Å². The molecule has 0 saturated heterocycles. The molecular formula is C66H48N2S. The standard InChI is InChI=1S/C66H48N2S/c1-6-21-47(22-7-1)51-41-52(48-23-8-2-9-24-48)43-54(42-51)68-64-36-19-17-34-60(64)62-45-50(38-40-66(62)68)49-37-39-65-61(44-49)59-33-16-18-35-63(59)67(65)53-25-20-32-58(46-53)69(55-26-10-3-11-27-55,56-28-12-4-13-29-56)57-30-14-5-15-31-57/h1-4,6-14,16-46H,5,15H2. The number of aromatic nitrogens is 2. The third-order valence-electron chi connectivity index (χ3n) is 14.0. The minimum absolute atomic E-state index is 1.04. The van der Waals surface area contributed by atoms with Gasteiger partial charge in [-0.1, -0.05) is 170 Å². The molecule has 1 aliphatic carbocycles. The van der Waals surface area contributed by atoms with E-state index in [0.717, 1.165) is 24.2 Å². The number of benzene rings is 10. The molecule has 3 heteroatoms. The van der Waals surface area contributed by atoms with Crippen LogP contribution < -0.4 is 0 Å². The number of hydrogen-bond donors (Lipinski definition) is 0. The Balaban J connectivity index is 0.963. The Bertz CT molecular complexity index is 3840. The predicted octanol–water partition coefficient (Wildman–Crippen LogP) is 18.4. The van der Waals surface area contributed by atoms with Crippen LogP contribution >= 0.6 is 10.0 Å². The van der Waals surface area contributed by atoms with E-state index in [4.69, 9.17) is 0 Å². The van der Waals surface area contributed by atoms with Crippen LogP contribution in [0, 0.1) is 0 Å². The van der Waals surface area contributed by atoms with Crippen molar-refractivity contribution < 1.29 is 0 Å². The van der Waals surface area contributed by atoms with E-state index in [0.29, 0.717) is 0 Å². The second-order valence-electron chi connectivity index (χ2n) is 18.0. The lowest BCUT2D eigenvalue weighted by Crippen LogP contribution is -2.08. The van der Waals surface area contributed by atoms with Gasteiger partial charge >= 0.3 is 0 Å². The second-order valence-corrected chi connectivity index (χ2v) is 21.1. The van der Waals surface area contributed by atoms with Gasteiger partial charge in [0.1, 0.15) is 0 Å². The first-order valence-electron chi connectivity index (χ1n) is 24.0. The summed E-state index contributed by atoms with van der Waals surface area (Å²) in [4.78, 5) is 5.41. The van der Waals surface area contributed by atoms with E-state index in [2.05, 4.69) is 276 Å². The molecule has 0 amide bonds. The van der Waals surface area contributed by atoms with E-state index in [1.807, 2.05) is 0 Å². The van der Waals surface area contributed by atoms with Crippen LogP contribution in [0.2, 0.25) is 0 Å². The minimum Gasteiger partial charge on any atom is -0.309 e. The summed E-state index contributed by atoms with van der Waals surface area (Å²) in [5, 5.41) is 4.96. The molecule has 2 aromatic heterocycles. The fourth-order valence-electron chi connectivity index (χ4n) is 10.9. The topological polar surface area (TPSA) is 9.86 Å². The molecule has 69 heavy (non-hydrogen) atoms. The summed E-state index contributed by atoms with van der Waals surface area (Å²) in [7, 11) is -1.82. The van der Waals surface area contributed by atoms with Crippen molar-refractivity contribution in [1.82, 2.24) is 9.13 Å². The van der Waals surface area contributed by atoms with E-state index in [9.17, 15) is 0 Å². The van der Waals surface area contributed by atoms with Crippen molar-refractivity contribution in [1.29, 1.82) is 0 Å². The number of hydrogen-bond acceptors (Lipinski definition) is 0. The van der Waals surface area contributed by atoms with Crippen molar-refractivity contribution >= 4 is 53.6 Å². The Morgan fingerprint density at radius 2 is 0.754 bits per heavy atom. The van der Waals surface area contributed by atoms with Gasteiger partial charge in [-0.2, -0.15) is 0 Å². The maximum atomic E-state index is 2.49. The molecule has 12 aromatic rings. The van der Waals surface area contributed by atoms with Crippen molar-refractivity contribution in [2.24, 2.45) is 0 Å². The molecule has 0 unspecified atom stereocenters. The Kier molecular flexibility index (Phi) is 10.1. The van der Waals surface area contributed by atoms with Crippen LogP contribution in [0.25, 0.3) is 88.4 Å². The smallest absolute Gasteiger partial charge is 0.0541 e. The van der Waals surface area contributed by atoms with Gasteiger partial charge in [-0.25, -0.2) is 0 Å². The second kappa shape index (κ2) is 17.1. The maximum Gasteiger partial charge on any atom is 0.0541 e. The van der Waals surface area contributed by atoms with Gasteiger partial charge in [0.15, 0.2) is 0 Å². The monoisotopic (exact) mass is 900 g/mol. The number of allylic oxidation sites excluding steroid dienone is 3. The zero-order valence-corrected chi connectivity index (χ0v) is 38.9. The lowest BCUT2D eigenvalue weighted by atomic mass is 9.98. The molecule has 0 radical (unpaired) electrons. The summed E-state index contributed by atoms with van der Waals surface area (Å²) >= 11 is 0. The van der Waals surface area contributed by atoms with Crippen LogP contribution in [0.1, 0.15) is 12.8 Å². The Morgan fingerprint density at radius 1 is 0.290 bits per heavy atom. The van der Waals surface area contributed by atoms with Crippen LogP contribution in [0.4, 0.5) is 0 Å². The Labute approximate surface area is 404 Å². The summed E-state index contributed by atoms with van der Waals surface area (Å²) < 4.78 is 4.93. The molecule has 0 aliphatic heterocycles. The van der Waals surface area contributed by atoms with Crippen LogP contribution in [0.3, 0.4) is 0 Å². The first-order chi connectivity index (χ1) is 34.2. The number of para-hydroxylation sites is 2. The molecule has 0 fully saturated rings. The van der Waals surface area contributed by atoms with Gasteiger partial charge < -0.3 is 9.13 Å². The minimum atomic E-state index is -1.82. The first-order valence-corrected chi connectivity index (χ1v) is 25.6. The Morgan fingerprint density at radius 3 is 1.28 bits per heavy atom. The van der Waals surface area contributed by atoms with Crippen LogP contribution in [0.5, 0.6) is 0 Å². The summed E-state index contributed by atoms with van der Waals surface area (Å²) in [6.07, 6.45) is 9.36. The predicted molar refractivity (Wildman–Crippen MR) is 293 cm³/mol. The molecule has 0 saturated carbocycles. The van der Waals surface area contributed by atoms with Crippen molar-refractivity contribution in [3.05, 3.63) is 272 Å². The lowest BCUT2D eigenvalue weighted by Gasteiger charge is -2.43. The summed E-state index contributed by atoms with van der Waals surface area (Å²) in [5.74, 6) is 0. The first kappa shape index (κ1) is 40.9. The number of nitrogens with zero attached hydrogens (tertiary/aromatic N) is 2. The van der Waals surface area contributed by atoms with E-state index < -0.39 is 10.0 Å². The molecule has 0 spiro atoms. The largest absolute Gasteiger partial charge is 0.309 e. The van der Waals surface area contributed by atoms with E-state index in [1.165, 1.54) is 96.6 Å². The molecule has 0 N–H and O–H groups in total. The van der Waals surface area contributed by atoms with Gasteiger partial charge in [0.25, 0.3) is 0 Å². The molecule has 13 rings (SSSR count). The third kappa shape index (κ3) is 6.88. The van der Waals surface area contributed by atoms with Gasteiger partial charge in [0.2, 0.25) is 0 Å². The average Bonchev–Trinajstić information content (AvgIpc) is 3.95. The normalized spacial score (nSPS) is 13.1. The Hall–Kier alpha value is -8.37. The lowest BCUT2D eigenvalue weighted by molar-refractivity contribution is 1.03. The highest BCUT2D eigenvalue weighted by Crippen LogP contribution is 2.74. The summed E-state index contributed by atoms with van der Waals surface area (Å²) in [6.45, 7) is 0. The fourth-order valence-corrected chi connectivity index (χ4v) is 14.9. The highest BCUT2D eigenvalue weighted by molar-refractivity contribution is 8.37. The van der Waals surface area contributed by atoms with Gasteiger partial charge in [-0.05, 0) is 148 Å². The molecule has 0 atom stereocenters. The van der Waals surface area contributed by atoms with E-state index in [-0.39, 0.29) is 0 Å². The van der Waals surface area contributed by atoms with Crippen LogP contribution in [0.15, 0.2) is 287 Å². The fraction of sp³-hybridized carbons (Fsp3) is 0.0303. The molecule has 10 aromatic carbocycles.